The van der Waals surface area contributed by atoms with E-state index in [1.807, 2.05) is 46.1 Å². The van der Waals surface area contributed by atoms with Gasteiger partial charge in [0.1, 0.15) is 16.4 Å². The lowest BCUT2D eigenvalue weighted by Crippen LogP contribution is -2.54. The molecule has 0 spiro atoms. The third-order valence-electron chi connectivity index (χ3n) is 5.53. The van der Waals surface area contributed by atoms with Gasteiger partial charge in [-0.05, 0) is 52.7 Å². The lowest BCUT2D eigenvalue weighted by Gasteiger charge is -2.40. The number of carbonyl (C=O) groups is 1. The van der Waals surface area contributed by atoms with Gasteiger partial charge in [-0.2, -0.15) is 5.10 Å². The molecule has 3 aromatic rings. The molecule has 0 unspecified atom stereocenters. The minimum absolute atomic E-state index is 0.302. The molecular weight excluding hydrogens is 460 g/mol. The number of alkyl carbamates (subject to hydrolysis) is 1. The van der Waals surface area contributed by atoms with Gasteiger partial charge in [-0.1, -0.05) is 23.4 Å². The second-order valence-corrected chi connectivity index (χ2v) is 11.0. The molecule has 10 heteroatoms. The van der Waals surface area contributed by atoms with Crippen LogP contribution in [0, 0.1) is 0 Å². The Labute approximate surface area is 203 Å². The molecular formula is C23H29ClN6O2S. The van der Waals surface area contributed by atoms with Gasteiger partial charge in [0.05, 0.1) is 22.9 Å². The molecule has 1 aliphatic rings. The molecule has 4 rings (SSSR count). The average molecular weight is 489 g/mol. The number of nitrogens with zero attached hydrogens (tertiary/aromatic N) is 5. The van der Waals surface area contributed by atoms with E-state index in [1.54, 1.807) is 17.1 Å². The van der Waals surface area contributed by atoms with Crippen molar-refractivity contribution >= 4 is 46.2 Å². The van der Waals surface area contributed by atoms with E-state index in [0.29, 0.717) is 5.02 Å². The highest BCUT2D eigenvalue weighted by Crippen LogP contribution is 2.36. The molecule has 1 saturated heterocycles. The van der Waals surface area contributed by atoms with E-state index in [4.69, 9.17) is 16.3 Å². The smallest absolute Gasteiger partial charge is 0.408 e. The zero-order chi connectivity index (χ0) is 23.8. The summed E-state index contributed by atoms with van der Waals surface area (Å²) in [7, 11) is 1.88. The van der Waals surface area contributed by atoms with E-state index in [2.05, 4.69) is 32.2 Å². The third-order valence-corrected chi connectivity index (χ3v) is 7.02. The first kappa shape index (κ1) is 23.6. The molecule has 0 saturated carbocycles. The van der Waals surface area contributed by atoms with E-state index in [0.717, 1.165) is 52.6 Å². The molecule has 0 atom stereocenters. The van der Waals surface area contributed by atoms with Crippen LogP contribution in [0.2, 0.25) is 5.02 Å². The zero-order valence-electron chi connectivity index (χ0n) is 19.6. The standard InChI is InChI=1S/C23H29ClN6O2S/c1-22(2,3)32-21(31)27-23(4)8-10-30(11-9-23)18-12-26-19(13-25-18)33-17-7-6-16-15(20(17)24)14-29(5)28-16/h6-7,12-14H,8-11H2,1-5H3,(H,27,31). The van der Waals surface area contributed by atoms with Gasteiger partial charge >= 0.3 is 6.09 Å². The fourth-order valence-electron chi connectivity index (χ4n) is 3.78. The van der Waals surface area contributed by atoms with Crippen LogP contribution in [0.1, 0.15) is 40.5 Å². The Balaban J connectivity index is 1.36. The molecule has 1 amide bonds. The number of piperidine rings is 1. The number of rotatable bonds is 4. The molecule has 176 valence electrons. The van der Waals surface area contributed by atoms with Gasteiger partial charge in [-0.3, -0.25) is 4.68 Å². The number of hydrogen-bond donors (Lipinski definition) is 1. The van der Waals surface area contributed by atoms with Crippen LogP contribution < -0.4 is 10.2 Å². The minimum atomic E-state index is -0.509. The zero-order valence-corrected chi connectivity index (χ0v) is 21.1. The largest absolute Gasteiger partial charge is 0.444 e. The van der Waals surface area contributed by atoms with Crippen LogP contribution in [0.25, 0.3) is 10.9 Å². The normalized spacial score (nSPS) is 16.1. The second kappa shape index (κ2) is 9.02. The molecule has 33 heavy (non-hydrogen) atoms. The van der Waals surface area contributed by atoms with Gasteiger partial charge < -0.3 is 15.0 Å². The van der Waals surface area contributed by atoms with Crippen molar-refractivity contribution in [3.05, 3.63) is 35.7 Å². The number of ether oxygens (including phenoxy) is 1. The third kappa shape index (κ3) is 5.70. The summed E-state index contributed by atoms with van der Waals surface area (Å²) in [5, 5.41) is 9.79. The predicted octanol–water partition coefficient (Wildman–Crippen LogP) is 5.05. The molecule has 1 aromatic carbocycles. The molecule has 1 N–H and O–H groups in total. The average Bonchev–Trinajstić information content (AvgIpc) is 3.11. The summed E-state index contributed by atoms with van der Waals surface area (Å²) in [6.07, 6.45) is 6.70. The lowest BCUT2D eigenvalue weighted by atomic mass is 9.90. The molecule has 0 bridgehead atoms. The van der Waals surface area contributed by atoms with Crippen molar-refractivity contribution in [3.63, 3.8) is 0 Å². The van der Waals surface area contributed by atoms with Crippen LogP contribution in [-0.2, 0) is 11.8 Å². The summed E-state index contributed by atoms with van der Waals surface area (Å²) in [6, 6.07) is 3.92. The van der Waals surface area contributed by atoms with Crippen molar-refractivity contribution < 1.29 is 9.53 Å². The molecule has 1 aliphatic heterocycles. The number of benzene rings is 1. The van der Waals surface area contributed by atoms with E-state index < -0.39 is 5.60 Å². The SMILES string of the molecule is Cn1cc2c(Cl)c(Sc3cnc(N4CCC(C)(NC(=O)OC(C)(C)C)CC4)cn3)ccc2n1. The fraction of sp³-hybridized carbons (Fsp3) is 0.478. The van der Waals surface area contributed by atoms with Crippen LogP contribution in [-0.4, -0.2) is 50.1 Å². The van der Waals surface area contributed by atoms with E-state index in [9.17, 15) is 4.79 Å². The molecule has 2 aromatic heterocycles. The van der Waals surface area contributed by atoms with Crippen molar-refractivity contribution in [2.75, 3.05) is 18.0 Å². The Bertz CT molecular complexity index is 1150. The summed E-state index contributed by atoms with van der Waals surface area (Å²) in [5.74, 6) is 0.826. The summed E-state index contributed by atoms with van der Waals surface area (Å²) < 4.78 is 7.17. The second-order valence-electron chi connectivity index (χ2n) is 9.60. The maximum atomic E-state index is 12.2. The maximum absolute atomic E-state index is 12.2. The van der Waals surface area contributed by atoms with Gasteiger partial charge in [0.25, 0.3) is 0 Å². The van der Waals surface area contributed by atoms with Gasteiger partial charge in [-0.25, -0.2) is 14.8 Å². The molecule has 8 nitrogen and oxygen atoms in total. The predicted molar refractivity (Wildman–Crippen MR) is 131 cm³/mol. The number of fused-ring (bicyclic) bond motifs is 1. The minimum Gasteiger partial charge on any atom is -0.444 e. The number of aromatic nitrogens is 4. The summed E-state index contributed by atoms with van der Waals surface area (Å²) in [6.45, 7) is 9.20. The highest BCUT2D eigenvalue weighted by molar-refractivity contribution is 7.99. The Kier molecular flexibility index (Phi) is 6.46. The Hall–Kier alpha value is -2.52. The van der Waals surface area contributed by atoms with Crippen LogP contribution >= 0.6 is 23.4 Å². The first-order valence-corrected chi connectivity index (χ1v) is 12.1. The molecule has 1 fully saturated rings. The lowest BCUT2D eigenvalue weighted by molar-refractivity contribution is 0.0448. The highest BCUT2D eigenvalue weighted by atomic mass is 35.5. The van der Waals surface area contributed by atoms with Gasteiger partial charge in [0.2, 0.25) is 0 Å². The van der Waals surface area contributed by atoms with Gasteiger partial charge in [0, 0.05) is 42.2 Å². The van der Waals surface area contributed by atoms with Crippen LogP contribution in [0.15, 0.2) is 40.6 Å². The molecule has 0 radical (unpaired) electrons. The Morgan fingerprint density at radius 3 is 2.58 bits per heavy atom. The Morgan fingerprint density at radius 2 is 1.94 bits per heavy atom. The van der Waals surface area contributed by atoms with E-state index >= 15 is 0 Å². The summed E-state index contributed by atoms with van der Waals surface area (Å²) in [5.41, 5.74) is 0.0559. The van der Waals surface area contributed by atoms with Crippen molar-refractivity contribution in [2.45, 2.75) is 61.6 Å². The number of aryl methyl sites for hydroxylation is 1. The van der Waals surface area contributed by atoms with Gasteiger partial charge in [0.15, 0.2) is 0 Å². The summed E-state index contributed by atoms with van der Waals surface area (Å²) in [4.78, 5) is 24.5. The van der Waals surface area contributed by atoms with Crippen molar-refractivity contribution in [3.8, 4) is 0 Å². The molecule has 3 heterocycles. The van der Waals surface area contributed by atoms with Gasteiger partial charge in [-0.15, -0.1) is 0 Å². The highest BCUT2D eigenvalue weighted by Gasteiger charge is 2.33. The number of hydrogen-bond acceptors (Lipinski definition) is 7. The quantitative estimate of drug-likeness (QED) is 0.549. The fourth-order valence-corrected chi connectivity index (χ4v) is 4.88. The number of halogens is 1. The first-order valence-electron chi connectivity index (χ1n) is 10.9. The Morgan fingerprint density at radius 1 is 1.21 bits per heavy atom. The van der Waals surface area contributed by atoms with Crippen LogP contribution in [0.5, 0.6) is 0 Å². The van der Waals surface area contributed by atoms with Crippen LogP contribution in [0.4, 0.5) is 10.6 Å². The maximum Gasteiger partial charge on any atom is 0.408 e. The monoisotopic (exact) mass is 488 g/mol. The van der Waals surface area contributed by atoms with E-state index in [-0.39, 0.29) is 11.6 Å². The number of nitrogens with one attached hydrogen (secondary N) is 1. The van der Waals surface area contributed by atoms with E-state index in [1.165, 1.54) is 11.8 Å². The first-order chi connectivity index (χ1) is 15.5. The number of carbonyl (C=O) groups excluding carboxylic acids is 1. The van der Waals surface area contributed by atoms with Crippen molar-refractivity contribution in [1.82, 2.24) is 25.1 Å². The summed E-state index contributed by atoms with van der Waals surface area (Å²) >= 11 is 8.07. The van der Waals surface area contributed by atoms with Crippen molar-refractivity contribution in [1.29, 1.82) is 0 Å². The number of amides is 1. The topological polar surface area (TPSA) is 85.2 Å². The van der Waals surface area contributed by atoms with Crippen molar-refractivity contribution in [2.24, 2.45) is 7.05 Å². The molecule has 0 aliphatic carbocycles. The number of anilines is 1. The van der Waals surface area contributed by atoms with Crippen LogP contribution in [0.3, 0.4) is 0 Å².